The first-order chi connectivity index (χ1) is 8.07. The first-order valence-corrected chi connectivity index (χ1v) is 6.59. The van der Waals surface area contributed by atoms with Gasteiger partial charge in [-0.1, -0.05) is 17.7 Å². The van der Waals surface area contributed by atoms with Crippen LogP contribution in [-0.2, 0) is 5.54 Å². The number of rotatable bonds is 2. The van der Waals surface area contributed by atoms with Crippen LogP contribution in [0.1, 0.15) is 24.0 Å². The van der Waals surface area contributed by atoms with Crippen LogP contribution in [0.4, 0.5) is 0 Å². The van der Waals surface area contributed by atoms with Gasteiger partial charge in [0.2, 0.25) is 0 Å². The van der Waals surface area contributed by atoms with Crippen LogP contribution in [-0.4, -0.2) is 32.1 Å². The molecule has 0 amide bonds. The fourth-order valence-corrected chi connectivity index (χ4v) is 2.94. The van der Waals surface area contributed by atoms with Crippen LogP contribution in [0.15, 0.2) is 18.2 Å². The summed E-state index contributed by atoms with van der Waals surface area (Å²) in [5.74, 6) is 0. The van der Waals surface area contributed by atoms with E-state index in [0.29, 0.717) is 0 Å². The van der Waals surface area contributed by atoms with Crippen LogP contribution in [0.2, 0.25) is 5.02 Å². The van der Waals surface area contributed by atoms with Crippen LogP contribution >= 0.6 is 11.6 Å². The maximum atomic E-state index is 6.15. The van der Waals surface area contributed by atoms with Gasteiger partial charge >= 0.3 is 0 Å². The Bertz CT molecular complexity index is 395. The Kier molecular flexibility index (Phi) is 3.76. The van der Waals surface area contributed by atoms with Crippen molar-refractivity contribution in [3.05, 3.63) is 34.3 Å². The lowest BCUT2D eigenvalue weighted by atomic mass is 9.79. The quantitative estimate of drug-likeness (QED) is 0.871. The molecule has 1 aliphatic heterocycles. The van der Waals surface area contributed by atoms with Gasteiger partial charge in [0.1, 0.15) is 0 Å². The standard InChI is InChI=1S/C14H21ClN2/c1-11-4-5-12(15)10-13(11)14(16-2)6-8-17(3)9-7-14/h4-5,10,16H,6-9H2,1-3H3. The molecule has 0 radical (unpaired) electrons. The molecule has 1 saturated heterocycles. The number of aryl methyl sites for hydroxylation is 1. The Morgan fingerprint density at radius 2 is 1.94 bits per heavy atom. The van der Waals surface area contributed by atoms with Crippen molar-refractivity contribution < 1.29 is 0 Å². The first-order valence-electron chi connectivity index (χ1n) is 6.21. The molecule has 1 fully saturated rings. The molecule has 0 aromatic heterocycles. The number of piperidine rings is 1. The van der Waals surface area contributed by atoms with Gasteiger partial charge in [-0.15, -0.1) is 0 Å². The normalized spacial score (nSPS) is 20.5. The average molecular weight is 253 g/mol. The van der Waals surface area contributed by atoms with E-state index in [-0.39, 0.29) is 5.54 Å². The molecular formula is C14H21ClN2. The van der Waals surface area contributed by atoms with Crippen molar-refractivity contribution in [2.24, 2.45) is 0 Å². The number of hydrogen-bond acceptors (Lipinski definition) is 2. The molecule has 1 heterocycles. The highest BCUT2D eigenvalue weighted by molar-refractivity contribution is 6.30. The van der Waals surface area contributed by atoms with Gasteiger partial charge in [-0.2, -0.15) is 0 Å². The number of nitrogens with zero attached hydrogens (tertiary/aromatic N) is 1. The SMILES string of the molecule is CNC1(c2cc(Cl)ccc2C)CCN(C)CC1. The summed E-state index contributed by atoms with van der Waals surface area (Å²) in [6, 6.07) is 6.21. The number of halogens is 1. The molecule has 0 spiro atoms. The lowest BCUT2D eigenvalue weighted by Gasteiger charge is -2.42. The largest absolute Gasteiger partial charge is 0.310 e. The third kappa shape index (κ3) is 2.49. The second-order valence-electron chi connectivity index (χ2n) is 5.09. The van der Waals surface area contributed by atoms with Crippen LogP contribution in [0.5, 0.6) is 0 Å². The topological polar surface area (TPSA) is 15.3 Å². The Hall–Kier alpha value is -0.570. The summed E-state index contributed by atoms with van der Waals surface area (Å²) in [5, 5.41) is 4.37. The average Bonchev–Trinajstić information content (AvgIpc) is 2.34. The van der Waals surface area contributed by atoms with Crippen molar-refractivity contribution in [3.63, 3.8) is 0 Å². The Morgan fingerprint density at radius 3 is 2.53 bits per heavy atom. The van der Waals surface area contributed by atoms with Crippen LogP contribution in [0.3, 0.4) is 0 Å². The third-order valence-corrected chi connectivity index (χ3v) is 4.27. The molecule has 0 saturated carbocycles. The molecule has 94 valence electrons. The Labute approximate surface area is 109 Å². The van der Waals surface area contributed by atoms with Crippen LogP contribution in [0.25, 0.3) is 0 Å². The van der Waals surface area contributed by atoms with Gasteiger partial charge in [-0.25, -0.2) is 0 Å². The second kappa shape index (κ2) is 4.97. The summed E-state index contributed by atoms with van der Waals surface area (Å²) in [4.78, 5) is 2.38. The maximum Gasteiger partial charge on any atom is 0.0459 e. The lowest BCUT2D eigenvalue weighted by molar-refractivity contribution is 0.164. The zero-order chi connectivity index (χ0) is 12.5. The highest BCUT2D eigenvalue weighted by Gasteiger charge is 2.34. The highest BCUT2D eigenvalue weighted by Crippen LogP contribution is 2.35. The van der Waals surface area contributed by atoms with E-state index < -0.39 is 0 Å². The van der Waals surface area contributed by atoms with E-state index in [1.54, 1.807) is 0 Å². The summed E-state index contributed by atoms with van der Waals surface area (Å²) < 4.78 is 0. The molecule has 1 N–H and O–H groups in total. The lowest BCUT2D eigenvalue weighted by Crippen LogP contribution is -2.49. The van der Waals surface area contributed by atoms with Gasteiger partial charge in [0, 0.05) is 10.6 Å². The van der Waals surface area contributed by atoms with Crippen molar-refractivity contribution in [1.29, 1.82) is 0 Å². The first kappa shape index (κ1) is 12.9. The Morgan fingerprint density at radius 1 is 1.29 bits per heavy atom. The van der Waals surface area contributed by atoms with E-state index in [2.05, 4.69) is 43.4 Å². The molecule has 0 atom stereocenters. The fraction of sp³-hybridized carbons (Fsp3) is 0.571. The van der Waals surface area contributed by atoms with Gasteiger partial charge in [0.15, 0.2) is 0 Å². The number of hydrogen-bond donors (Lipinski definition) is 1. The van der Waals surface area contributed by atoms with Crippen molar-refractivity contribution in [2.45, 2.75) is 25.3 Å². The van der Waals surface area contributed by atoms with Crippen LogP contribution < -0.4 is 5.32 Å². The zero-order valence-corrected chi connectivity index (χ0v) is 11.6. The van der Waals surface area contributed by atoms with E-state index in [1.807, 2.05) is 6.07 Å². The molecule has 0 aliphatic carbocycles. The molecule has 0 bridgehead atoms. The minimum atomic E-state index is 0.0987. The summed E-state index contributed by atoms with van der Waals surface area (Å²) in [5.41, 5.74) is 2.79. The summed E-state index contributed by atoms with van der Waals surface area (Å²) in [6.07, 6.45) is 2.28. The molecule has 2 rings (SSSR count). The van der Waals surface area contributed by atoms with E-state index in [1.165, 1.54) is 11.1 Å². The maximum absolute atomic E-state index is 6.15. The van der Waals surface area contributed by atoms with Gasteiger partial charge in [-0.3, -0.25) is 0 Å². The predicted molar refractivity (Wildman–Crippen MR) is 73.7 cm³/mol. The fourth-order valence-electron chi connectivity index (χ4n) is 2.76. The van der Waals surface area contributed by atoms with Crippen molar-refractivity contribution >= 4 is 11.6 Å². The van der Waals surface area contributed by atoms with Crippen molar-refractivity contribution in [3.8, 4) is 0 Å². The van der Waals surface area contributed by atoms with E-state index >= 15 is 0 Å². The van der Waals surface area contributed by atoms with Crippen molar-refractivity contribution in [2.75, 3.05) is 27.2 Å². The summed E-state index contributed by atoms with van der Waals surface area (Å²) in [7, 11) is 4.25. The molecule has 2 nitrogen and oxygen atoms in total. The smallest absolute Gasteiger partial charge is 0.0459 e. The molecule has 17 heavy (non-hydrogen) atoms. The summed E-state index contributed by atoms with van der Waals surface area (Å²) in [6.45, 7) is 4.43. The molecular weight excluding hydrogens is 232 g/mol. The molecule has 1 aromatic rings. The zero-order valence-electron chi connectivity index (χ0n) is 10.9. The van der Waals surface area contributed by atoms with E-state index in [4.69, 9.17) is 11.6 Å². The monoisotopic (exact) mass is 252 g/mol. The number of nitrogens with one attached hydrogen (secondary N) is 1. The van der Waals surface area contributed by atoms with Crippen LogP contribution in [0, 0.1) is 6.92 Å². The molecule has 3 heteroatoms. The molecule has 1 aliphatic rings. The van der Waals surface area contributed by atoms with Gasteiger partial charge in [0.05, 0.1) is 0 Å². The third-order valence-electron chi connectivity index (χ3n) is 4.03. The Balaban J connectivity index is 2.37. The number of likely N-dealkylation sites (tertiary alicyclic amines) is 1. The van der Waals surface area contributed by atoms with E-state index in [9.17, 15) is 0 Å². The predicted octanol–water partition coefficient (Wildman–Crippen LogP) is 2.79. The summed E-state index contributed by atoms with van der Waals surface area (Å²) >= 11 is 6.15. The second-order valence-corrected chi connectivity index (χ2v) is 5.53. The minimum Gasteiger partial charge on any atom is -0.310 e. The van der Waals surface area contributed by atoms with Gasteiger partial charge in [-0.05, 0) is 70.2 Å². The molecule has 0 unspecified atom stereocenters. The van der Waals surface area contributed by atoms with Gasteiger partial charge in [0.25, 0.3) is 0 Å². The number of benzene rings is 1. The minimum absolute atomic E-state index is 0.0987. The molecule has 1 aromatic carbocycles. The van der Waals surface area contributed by atoms with Gasteiger partial charge < -0.3 is 10.2 Å². The highest BCUT2D eigenvalue weighted by atomic mass is 35.5. The van der Waals surface area contributed by atoms with Crippen molar-refractivity contribution in [1.82, 2.24) is 10.2 Å². The van der Waals surface area contributed by atoms with E-state index in [0.717, 1.165) is 31.0 Å².